The van der Waals surface area contributed by atoms with Gasteiger partial charge in [-0.1, -0.05) is 30.3 Å². The molecule has 0 radical (unpaired) electrons. The zero-order chi connectivity index (χ0) is 18.0. The number of hydrogen-bond donors (Lipinski definition) is 2. The summed E-state index contributed by atoms with van der Waals surface area (Å²) in [6, 6.07) is 12.7. The highest BCUT2D eigenvalue weighted by Gasteiger charge is 2.29. The lowest BCUT2D eigenvalue weighted by atomic mass is 9.87. The quantitative estimate of drug-likeness (QED) is 0.899. The summed E-state index contributed by atoms with van der Waals surface area (Å²) in [4.78, 5) is 25.8. The van der Waals surface area contributed by atoms with E-state index >= 15 is 0 Å². The van der Waals surface area contributed by atoms with Crippen molar-refractivity contribution < 1.29 is 14.7 Å². The van der Waals surface area contributed by atoms with Gasteiger partial charge < -0.3 is 15.3 Å². The molecule has 0 fully saturated rings. The summed E-state index contributed by atoms with van der Waals surface area (Å²) in [5.74, 6) is -1.14. The molecule has 25 heavy (non-hydrogen) atoms. The van der Waals surface area contributed by atoms with E-state index in [1.165, 1.54) is 11.1 Å². The maximum atomic E-state index is 12.7. The van der Waals surface area contributed by atoms with E-state index in [9.17, 15) is 9.59 Å². The van der Waals surface area contributed by atoms with Gasteiger partial charge in [-0.15, -0.1) is 0 Å². The van der Waals surface area contributed by atoms with Crippen LogP contribution in [0.4, 0.5) is 0 Å². The number of carbonyl (C=O) groups excluding carboxylic acids is 1. The number of carbonyl (C=O) groups is 2. The zero-order valence-corrected chi connectivity index (χ0v) is 14.5. The predicted molar refractivity (Wildman–Crippen MR) is 95.5 cm³/mol. The molecule has 0 spiro atoms. The van der Waals surface area contributed by atoms with Gasteiger partial charge in [-0.3, -0.25) is 4.79 Å². The predicted octanol–water partition coefficient (Wildman–Crippen LogP) is 2.54. The number of aromatic carboxylic acids is 1. The SMILES string of the molecule is Cc1cccc2c1CN(C)CC2C(=O)NCc1ccc(C(=O)O)cc1. The summed E-state index contributed by atoms with van der Waals surface area (Å²) in [5, 5.41) is 11.9. The molecule has 130 valence electrons. The van der Waals surface area contributed by atoms with Gasteiger partial charge in [0.25, 0.3) is 0 Å². The molecular formula is C20H22N2O3. The van der Waals surface area contributed by atoms with Crippen molar-refractivity contribution in [3.8, 4) is 0 Å². The Morgan fingerprint density at radius 3 is 2.60 bits per heavy atom. The summed E-state index contributed by atoms with van der Waals surface area (Å²) in [6.07, 6.45) is 0. The van der Waals surface area contributed by atoms with Crippen molar-refractivity contribution in [1.82, 2.24) is 10.2 Å². The number of nitrogens with one attached hydrogen (secondary N) is 1. The van der Waals surface area contributed by atoms with Crippen molar-refractivity contribution >= 4 is 11.9 Å². The van der Waals surface area contributed by atoms with Gasteiger partial charge in [-0.05, 0) is 48.4 Å². The lowest BCUT2D eigenvalue weighted by Gasteiger charge is -2.32. The van der Waals surface area contributed by atoms with Crippen molar-refractivity contribution in [2.24, 2.45) is 0 Å². The van der Waals surface area contributed by atoms with Gasteiger partial charge >= 0.3 is 5.97 Å². The Morgan fingerprint density at radius 2 is 1.92 bits per heavy atom. The topological polar surface area (TPSA) is 69.6 Å². The maximum Gasteiger partial charge on any atom is 0.335 e. The van der Waals surface area contributed by atoms with Crippen LogP contribution in [0.1, 0.15) is 38.5 Å². The molecule has 3 rings (SSSR count). The van der Waals surface area contributed by atoms with Gasteiger partial charge in [0.05, 0.1) is 11.5 Å². The van der Waals surface area contributed by atoms with Gasteiger partial charge in [0.1, 0.15) is 0 Å². The maximum absolute atomic E-state index is 12.7. The van der Waals surface area contributed by atoms with Crippen LogP contribution in [-0.4, -0.2) is 35.5 Å². The van der Waals surface area contributed by atoms with Crippen molar-refractivity contribution in [2.45, 2.75) is 25.9 Å². The number of carboxylic acids is 1. The minimum absolute atomic E-state index is 0.000658. The summed E-state index contributed by atoms with van der Waals surface area (Å²) in [7, 11) is 2.03. The molecular weight excluding hydrogens is 316 g/mol. The Balaban J connectivity index is 1.71. The molecule has 1 aliphatic rings. The zero-order valence-electron chi connectivity index (χ0n) is 14.5. The third-order valence-electron chi connectivity index (χ3n) is 4.73. The van der Waals surface area contributed by atoms with Crippen LogP contribution in [0, 0.1) is 6.92 Å². The number of aryl methyl sites for hydroxylation is 1. The summed E-state index contributed by atoms with van der Waals surface area (Å²) >= 11 is 0. The monoisotopic (exact) mass is 338 g/mol. The molecule has 0 aromatic heterocycles. The standard InChI is InChI=1S/C20H22N2O3/c1-13-4-3-5-16-17(13)11-22(2)12-18(16)19(23)21-10-14-6-8-15(9-7-14)20(24)25/h3-9,18H,10-12H2,1-2H3,(H,21,23)(H,24,25). The number of benzene rings is 2. The minimum atomic E-state index is -0.951. The molecule has 5 heteroatoms. The first-order valence-electron chi connectivity index (χ1n) is 8.32. The molecule has 2 aromatic rings. The van der Waals surface area contributed by atoms with E-state index in [0.717, 1.165) is 17.7 Å². The van der Waals surface area contributed by atoms with E-state index in [1.807, 2.05) is 19.2 Å². The number of likely N-dealkylation sites (N-methyl/N-ethyl adjacent to an activating group) is 1. The largest absolute Gasteiger partial charge is 0.478 e. The van der Waals surface area contributed by atoms with Gasteiger partial charge in [-0.2, -0.15) is 0 Å². The lowest BCUT2D eigenvalue weighted by Crippen LogP contribution is -2.39. The minimum Gasteiger partial charge on any atom is -0.478 e. The Morgan fingerprint density at radius 1 is 1.20 bits per heavy atom. The van der Waals surface area contributed by atoms with Crippen molar-refractivity contribution in [2.75, 3.05) is 13.6 Å². The smallest absolute Gasteiger partial charge is 0.335 e. The van der Waals surface area contributed by atoms with Gasteiger partial charge in [0.2, 0.25) is 5.91 Å². The lowest BCUT2D eigenvalue weighted by molar-refractivity contribution is -0.123. The fraction of sp³-hybridized carbons (Fsp3) is 0.300. The van der Waals surface area contributed by atoms with Gasteiger partial charge in [-0.25, -0.2) is 4.79 Å². The molecule has 0 bridgehead atoms. The Labute approximate surface area is 147 Å². The van der Waals surface area contributed by atoms with Crippen LogP contribution >= 0.6 is 0 Å². The molecule has 1 unspecified atom stereocenters. The number of fused-ring (bicyclic) bond motifs is 1. The first-order valence-corrected chi connectivity index (χ1v) is 8.32. The van der Waals surface area contributed by atoms with E-state index in [4.69, 9.17) is 5.11 Å². The van der Waals surface area contributed by atoms with Crippen LogP contribution in [-0.2, 0) is 17.9 Å². The third kappa shape index (κ3) is 3.72. The van der Waals surface area contributed by atoms with Crippen LogP contribution in [0.15, 0.2) is 42.5 Å². The fourth-order valence-electron chi connectivity index (χ4n) is 3.31. The van der Waals surface area contributed by atoms with Gasteiger partial charge in [0, 0.05) is 19.6 Å². The molecule has 1 atom stereocenters. The first kappa shape index (κ1) is 17.2. The molecule has 1 heterocycles. The Hall–Kier alpha value is -2.66. The highest BCUT2D eigenvalue weighted by molar-refractivity contribution is 5.87. The van der Waals surface area contributed by atoms with Gasteiger partial charge in [0.15, 0.2) is 0 Å². The van der Waals surface area contributed by atoms with Crippen LogP contribution < -0.4 is 5.32 Å². The molecule has 1 amide bonds. The number of nitrogens with zero attached hydrogens (tertiary/aromatic N) is 1. The second kappa shape index (κ2) is 7.07. The van der Waals surface area contributed by atoms with Crippen LogP contribution in [0.2, 0.25) is 0 Å². The number of amides is 1. The molecule has 1 aliphatic heterocycles. The Kier molecular flexibility index (Phi) is 4.86. The Bertz CT molecular complexity index is 799. The molecule has 0 aliphatic carbocycles. The summed E-state index contributed by atoms with van der Waals surface area (Å²) in [6.45, 7) is 4.03. The van der Waals surface area contributed by atoms with Crippen molar-refractivity contribution in [3.05, 3.63) is 70.3 Å². The highest BCUT2D eigenvalue weighted by atomic mass is 16.4. The van der Waals surface area contributed by atoms with Crippen molar-refractivity contribution in [1.29, 1.82) is 0 Å². The first-order chi connectivity index (χ1) is 12.0. The molecule has 5 nitrogen and oxygen atoms in total. The van der Waals surface area contributed by atoms with Crippen LogP contribution in [0.5, 0.6) is 0 Å². The van der Waals surface area contributed by atoms with E-state index in [2.05, 4.69) is 23.2 Å². The number of rotatable bonds is 4. The van der Waals surface area contributed by atoms with E-state index < -0.39 is 5.97 Å². The fourth-order valence-corrected chi connectivity index (χ4v) is 3.31. The third-order valence-corrected chi connectivity index (χ3v) is 4.73. The highest BCUT2D eigenvalue weighted by Crippen LogP contribution is 2.29. The molecule has 0 saturated carbocycles. The van der Waals surface area contributed by atoms with E-state index in [-0.39, 0.29) is 17.4 Å². The van der Waals surface area contributed by atoms with Crippen LogP contribution in [0.3, 0.4) is 0 Å². The van der Waals surface area contributed by atoms with Crippen molar-refractivity contribution in [3.63, 3.8) is 0 Å². The molecule has 2 N–H and O–H groups in total. The molecule has 2 aromatic carbocycles. The second-order valence-corrected chi connectivity index (χ2v) is 6.61. The summed E-state index contributed by atoms with van der Waals surface area (Å²) < 4.78 is 0. The second-order valence-electron chi connectivity index (χ2n) is 6.61. The number of carboxylic acid groups (broad SMARTS) is 1. The summed E-state index contributed by atoms with van der Waals surface area (Å²) in [5.41, 5.74) is 4.69. The number of hydrogen-bond acceptors (Lipinski definition) is 3. The molecule has 0 saturated heterocycles. The van der Waals surface area contributed by atoms with E-state index in [0.29, 0.717) is 13.1 Å². The van der Waals surface area contributed by atoms with Crippen LogP contribution in [0.25, 0.3) is 0 Å². The normalized spacial score (nSPS) is 17.0. The average molecular weight is 338 g/mol. The average Bonchev–Trinajstić information content (AvgIpc) is 2.60. The van der Waals surface area contributed by atoms with E-state index in [1.54, 1.807) is 24.3 Å².